The molecule has 1 rings (SSSR count). The Morgan fingerprint density at radius 2 is 2.05 bits per heavy atom. The van der Waals surface area contributed by atoms with Gasteiger partial charge in [-0.15, -0.1) is 0 Å². The molecule has 0 heterocycles. The van der Waals surface area contributed by atoms with Crippen LogP contribution in [0.1, 0.15) is 30.9 Å². The van der Waals surface area contributed by atoms with E-state index in [2.05, 4.69) is 5.32 Å². The van der Waals surface area contributed by atoms with Crippen LogP contribution < -0.4 is 10.1 Å². The number of aliphatic hydroxyl groups excluding tert-OH is 1. The Kier molecular flexibility index (Phi) is 6.85. The molecule has 0 bridgehead atoms. The molecule has 0 aromatic heterocycles. The molecule has 0 fully saturated rings. The summed E-state index contributed by atoms with van der Waals surface area (Å²) < 4.78 is 5.27. The molecular weight excluding hydrogens is 286 g/mol. The van der Waals surface area contributed by atoms with E-state index in [0.717, 1.165) is 16.9 Å². The lowest BCUT2D eigenvalue weighted by Gasteiger charge is -2.17. The maximum Gasteiger partial charge on any atom is 0.328 e. The third kappa shape index (κ3) is 5.37. The molecule has 6 nitrogen and oxygen atoms in total. The number of benzene rings is 1. The molecule has 1 aromatic rings. The number of aliphatic hydroxyl groups is 1. The number of rotatable bonds is 8. The first-order chi connectivity index (χ1) is 10.3. The zero-order valence-electron chi connectivity index (χ0n) is 13.1. The van der Waals surface area contributed by atoms with Gasteiger partial charge in [0.05, 0.1) is 13.2 Å². The van der Waals surface area contributed by atoms with Gasteiger partial charge in [-0.2, -0.15) is 0 Å². The number of ether oxygens (including phenoxy) is 1. The molecule has 0 spiro atoms. The topological polar surface area (TPSA) is 95.9 Å². The van der Waals surface area contributed by atoms with E-state index in [1.54, 1.807) is 7.11 Å². The van der Waals surface area contributed by atoms with Crippen molar-refractivity contribution in [1.29, 1.82) is 0 Å². The molecule has 0 saturated heterocycles. The van der Waals surface area contributed by atoms with Gasteiger partial charge in [-0.25, -0.2) is 4.79 Å². The molecule has 122 valence electrons. The van der Waals surface area contributed by atoms with Gasteiger partial charge in [-0.1, -0.05) is 17.7 Å². The number of methoxy groups -OCH3 is 1. The number of aliphatic carboxylic acids is 1. The van der Waals surface area contributed by atoms with Gasteiger partial charge in [0, 0.05) is 6.42 Å². The molecule has 0 aliphatic rings. The van der Waals surface area contributed by atoms with Crippen LogP contribution in [0.5, 0.6) is 5.75 Å². The lowest BCUT2D eigenvalue weighted by Crippen LogP contribution is -2.47. The van der Waals surface area contributed by atoms with Crippen LogP contribution in [0.3, 0.4) is 0 Å². The molecule has 0 radical (unpaired) electrons. The summed E-state index contributed by atoms with van der Waals surface area (Å²) in [6, 6.07) is 4.57. The summed E-state index contributed by atoms with van der Waals surface area (Å²) in [6.45, 7) is 3.31. The Morgan fingerprint density at radius 1 is 1.36 bits per heavy atom. The summed E-state index contributed by atoms with van der Waals surface area (Å²) in [5, 5.41) is 20.5. The predicted octanol–water partition coefficient (Wildman–Crippen LogP) is 1.28. The molecule has 3 N–H and O–H groups in total. The third-order valence-electron chi connectivity index (χ3n) is 3.35. The first-order valence-corrected chi connectivity index (χ1v) is 7.19. The van der Waals surface area contributed by atoms with E-state index in [4.69, 9.17) is 9.84 Å². The second kappa shape index (κ2) is 8.38. The Hall–Kier alpha value is -2.08. The lowest BCUT2D eigenvalue weighted by atomic mass is 10.0. The molecule has 0 aliphatic carbocycles. The maximum absolute atomic E-state index is 11.8. The van der Waals surface area contributed by atoms with Gasteiger partial charge in [-0.05, 0) is 38.3 Å². The van der Waals surface area contributed by atoms with Crippen molar-refractivity contribution in [3.63, 3.8) is 0 Å². The summed E-state index contributed by atoms with van der Waals surface area (Å²) in [5.74, 6) is -0.859. The van der Waals surface area contributed by atoms with Crippen LogP contribution >= 0.6 is 0 Å². The fourth-order valence-electron chi connectivity index (χ4n) is 2.18. The highest BCUT2D eigenvalue weighted by Crippen LogP contribution is 2.21. The number of carbonyl (C=O) groups excluding carboxylic acids is 1. The summed E-state index contributed by atoms with van der Waals surface area (Å²) in [6.07, 6.45) is 0.272. The minimum atomic E-state index is -1.28. The average Bonchev–Trinajstić information content (AvgIpc) is 2.44. The van der Waals surface area contributed by atoms with E-state index in [-0.39, 0.29) is 12.3 Å². The Labute approximate surface area is 130 Å². The van der Waals surface area contributed by atoms with Crippen molar-refractivity contribution in [3.8, 4) is 5.75 Å². The summed E-state index contributed by atoms with van der Waals surface area (Å²) >= 11 is 0. The van der Waals surface area contributed by atoms with Gasteiger partial charge < -0.3 is 20.3 Å². The number of aryl methyl sites for hydroxylation is 2. The van der Waals surface area contributed by atoms with Gasteiger partial charge in [0.15, 0.2) is 6.04 Å². The van der Waals surface area contributed by atoms with E-state index in [1.807, 2.05) is 25.1 Å². The van der Waals surface area contributed by atoms with Crippen molar-refractivity contribution < 1.29 is 24.5 Å². The predicted molar refractivity (Wildman–Crippen MR) is 81.9 cm³/mol. The largest absolute Gasteiger partial charge is 0.496 e. The van der Waals surface area contributed by atoms with Crippen LogP contribution in [0, 0.1) is 6.92 Å². The minimum absolute atomic E-state index is 0.188. The van der Waals surface area contributed by atoms with Crippen LogP contribution in [0.15, 0.2) is 18.2 Å². The lowest BCUT2D eigenvalue weighted by molar-refractivity contribution is -0.144. The zero-order chi connectivity index (χ0) is 16.7. The number of amides is 1. The first-order valence-electron chi connectivity index (χ1n) is 7.19. The SMILES string of the molecule is COc1ccc(C)cc1CCCC(=O)NC(C(=O)O)C(C)O. The van der Waals surface area contributed by atoms with Crippen LogP contribution in [-0.2, 0) is 16.0 Å². The van der Waals surface area contributed by atoms with Crippen molar-refractivity contribution >= 4 is 11.9 Å². The molecule has 2 atom stereocenters. The van der Waals surface area contributed by atoms with E-state index in [9.17, 15) is 14.7 Å². The Balaban J connectivity index is 2.52. The normalized spacial score (nSPS) is 13.3. The van der Waals surface area contributed by atoms with Crippen LogP contribution in [-0.4, -0.2) is 41.3 Å². The Bertz CT molecular complexity index is 527. The van der Waals surface area contributed by atoms with Crippen molar-refractivity contribution in [2.45, 2.75) is 45.3 Å². The number of hydrogen-bond donors (Lipinski definition) is 3. The fraction of sp³-hybridized carbons (Fsp3) is 0.500. The number of hydrogen-bond acceptors (Lipinski definition) is 4. The number of carboxylic acids is 1. The van der Waals surface area contributed by atoms with Gasteiger partial charge in [0.2, 0.25) is 5.91 Å². The fourth-order valence-corrected chi connectivity index (χ4v) is 2.18. The van der Waals surface area contributed by atoms with Crippen molar-refractivity contribution in [2.24, 2.45) is 0 Å². The van der Waals surface area contributed by atoms with E-state index in [1.165, 1.54) is 6.92 Å². The molecule has 0 aliphatic heterocycles. The quantitative estimate of drug-likeness (QED) is 0.672. The van der Waals surface area contributed by atoms with Gasteiger partial charge in [-0.3, -0.25) is 4.79 Å². The first kappa shape index (κ1) is 18.0. The Morgan fingerprint density at radius 3 is 2.59 bits per heavy atom. The molecular formula is C16H23NO5. The van der Waals surface area contributed by atoms with Crippen molar-refractivity contribution in [3.05, 3.63) is 29.3 Å². The zero-order valence-corrected chi connectivity index (χ0v) is 13.1. The van der Waals surface area contributed by atoms with E-state index < -0.39 is 18.1 Å². The molecule has 6 heteroatoms. The molecule has 1 aromatic carbocycles. The summed E-state index contributed by atoms with van der Waals surface area (Å²) in [7, 11) is 1.60. The van der Waals surface area contributed by atoms with Crippen LogP contribution in [0.2, 0.25) is 0 Å². The minimum Gasteiger partial charge on any atom is -0.496 e. The van der Waals surface area contributed by atoms with E-state index in [0.29, 0.717) is 12.8 Å². The third-order valence-corrected chi connectivity index (χ3v) is 3.35. The maximum atomic E-state index is 11.8. The highest BCUT2D eigenvalue weighted by atomic mass is 16.5. The highest BCUT2D eigenvalue weighted by Gasteiger charge is 2.24. The molecule has 0 saturated carbocycles. The highest BCUT2D eigenvalue weighted by molar-refractivity contribution is 5.83. The van der Waals surface area contributed by atoms with Crippen molar-refractivity contribution in [1.82, 2.24) is 5.32 Å². The van der Waals surface area contributed by atoms with Gasteiger partial charge >= 0.3 is 5.97 Å². The van der Waals surface area contributed by atoms with Crippen molar-refractivity contribution in [2.75, 3.05) is 7.11 Å². The van der Waals surface area contributed by atoms with Gasteiger partial charge in [0.25, 0.3) is 0 Å². The van der Waals surface area contributed by atoms with Gasteiger partial charge in [0.1, 0.15) is 5.75 Å². The second-order valence-electron chi connectivity index (χ2n) is 5.29. The number of carboxylic acid groups (broad SMARTS) is 1. The van der Waals surface area contributed by atoms with E-state index >= 15 is 0 Å². The van der Waals surface area contributed by atoms with Crippen LogP contribution in [0.4, 0.5) is 0 Å². The summed E-state index contributed by atoms with van der Waals surface area (Å²) in [4.78, 5) is 22.7. The molecule has 1 amide bonds. The standard InChI is InChI=1S/C16H23NO5/c1-10-7-8-13(22-3)12(9-10)5-4-6-14(19)17-15(11(2)18)16(20)21/h7-9,11,15,18H,4-6H2,1-3H3,(H,17,19)(H,20,21). The average molecular weight is 309 g/mol. The number of carbonyl (C=O) groups is 2. The monoisotopic (exact) mass is 309 g/mol. The second-order valence-corrected chi connectivity index (χ2v) is 5.29. The molecule has 2 unspecified atom stereocenters. The smallest absolute Gasteiger partial charge is 0.328 e. The van der Waals surface area contributed by atoms with Crippen LogP contribution in [0.25, 0.3) is 0 Å². The summed E-state index contributed by atoms with van der Waals surface area (Å²) in [5.41, 5.74) is 2.13. The molecule has 22 heavy (non-hydrogen) atoms. The number of nitrogens with one attached hydrogen (secondary N) is 1.